The third kappa shape index (κ3) is 3.55. The highest BCUT2D eigenvalue weighted by Gasteiger charge is 2.25. The minimum absolute atomic E-state index is 0.127. The summed E-state index contributed by atoms with van der Waals surface area (Å²) in [5.41, 5.74) is 0.940. The van der Waals surface area contributed by atoms with E-state index in [9.17, 15) is 5.11 Å². The summed E-state index contributed by atoms with van der Waals surface area (Å²) in [6.07, 6.45) is 0. The van der Waals surface area contributed by atoms with Crippen LogP contribution in [0.5, 0.6) is 0 Å². The molecule has 0 radical (unpaired) electrons. The summed E-state index contributed by atoms with van der Waals surface area (Å²) < 4.78 is 0. The van der Waals surface area contributed by atoms with Crippen LogP contribution in [0.2, 0.25) is 0 Å². The van der Waals surface area contributed by atoms with Crippen LogP contribution >= 0.6 is 0 Å². The number of aliphatic hydroxyl groups is 1. The average molecular weight is 286 g/mol. The Kier molecular flexibility index (Phi) is 5.21. The molecule has 0 aliphatic carbocycles. The SMILES string of the molecule is CCNC(C)(CO)CN(CC)c1cccc2ccccc12. The van der Waals surface area contributed by atoms with E-state index in [1.807, 2.05) is 0 Å². The number of nitrogens with one attached hydrogen (secondary N) is 1. The summed E-state index contributed by atoms with van der Waals surface area (Å²) in [6.45, 7) is 8.97. The number of hydrogen-bond acceptors (Lipinski definition) is 3. The molecule has 21 heavy (non-hydrogen) atoms. The molecule has 0 heterocycles. The maximum atomic E-state index is 9.73. The number of likely N-dealkylation sites (N-methyl/N-ethyl adjacent to an activating group) is 2. The van der Waals surface area contributed by atoms with E-state index in [1.54, 1.807) is 0 Å². The Morgan fingerprint density at radius 1 is 1.10 bits per heavy atom. The van der Waals surface area contributed by atoms with E-state index in [2.05, 4.69) is 73.5 Å². The van der Waals surface area contributed by atoms with Crippen molar-refractivity contribution < 1.29 is 5.11 Å². The minimum atomic E-state index is -0.290. The minimum Gasteiger partial charge on any atom is -0.394 e. The molecule has 3 nitrogen and oxygen atoms in total. The number of hydrogen-bond donors (Lipinski definition) is 2. The first-order chi connectivity index (χ1) is 10.1. The molecule has 1 unspecified atom stereocenters. The van der Waals surface area contributed by atoms with Gasteiger partial charge in [0.2, 0.25) is 0 Å². The monoisotopic (exact) mass is 286 g/mol. The zero-order chi connectivity index (χ0) is 15.3. The van der Waals surface area contributed by atoms with Crippen LogP contribution in [0, 0.1) is 0 Å². The maximum absolute atomic E-state index is 9.73. The zero-order valence-corrected chi connectivity index (χ0v) is 13.3. The lowest BCUT2D eigenvalue weighted by Crippen LogP contribution is -2.54. The smallest absolute Gasteiger partial charge is 0.0627 e. The van der Waals surface area contributed by atoms with Crippen molar-refractivity contribution in [3.8, 4) is 0 Å². The molecule has 0 aliphatic rings. The normalized spacial score (nSPS) is 14.1. The Hall–Kier alpha value is -1.58. The summed E-state index contributed by atoms with van der Waals surface area (Å²) in [5.74, 6) is 0. The number of rotatable bonds is 7. The third-order valence-corrected chi connectivity index (χ3v) is 3.98. The Morgan fingerprint density at radius 2 is 1.81 bits per heavy atom. The van der Waals surface area contributed by atoms with Crippen molar-refractivity contribution in [1.29, 1.82) is 0 Å². The molecule has 0 bridgehead atoms. The number of aliphatic hydroxyl groups excluding tert-OH is 1. The quantitative estimate of drug-likeness (QED) is 0.821. The van der Waals surface area contributed by atoms with Crippen molar-refractivity contribution in [2.24, 2.45) is 0 Å². The molecule has 2 aromatic rings. The van der Waals surface area contributed by atoms with Crippen LogP contribution < -0.4 is 10.2 Å². The molecule has 0 aromatic heterocycles. The molecule has 0 amide bonds. The van der Waals surface area contributed by atoms with Crippen molar-refractivity contribution in [2.45, 2.75) is 26.3 Å². The molecule has 0 fully saturated rings. The van der Waals surface area contributed by atoms with Gasteiger partial charge in [0.25, 0.3) is 0 Å². The third-order valence-electron chi connectivity index (χ3n) is 3.98. The van der Waals surface area contributed by atoms with Crippen LogP contribution in [0.25, 0.3) is 10.8 Å². The van der Waals surface area contributed by atoms with E-state index in [0.717, 1.165) is 19.6 Å². The first-order valence-electron chi connectivity index (χ1n) is 7.72. The fourth-order valence-corrected chi connectivity index (χ4v) is 2.86. The van der Waals surface area contributed by atoms with Gasteiger partial charge in [0, 0.05) is 24.2 Å². The van der Waals surface area contributed by atoms with Gasteiger partial charge in [0.15, 0.2) is 0 Å². The van der Waals surface area contributed by atoms with Crippen LogP contribution in [-0.2, 0) is 0 Å². The second-order valence-electron chi connectivity index (χ2n) is 5.76. The Morgan fingerprint density at radius 3 is 2.48 bits per heavy atom. The molecule has 0 saturated carbocycles. The topological polar surface area (TPSA) is 35.5 Å². The van der Waals surface area contributed by atoms with Crippen molar-refractivity contribution >= 4 is 16.5 Å². The molecular weight excluding hydrogens is 260 g/mol. The molecule has 3 heteroatoms. The summed E-state index contributed by atoms with van der Waals surface area (Å²) in [4.78, 5) is 2.33. The molecule has 0 saturated heterocycles. The van der Waals surface area contributed by atoms with Crippen LogP contribution in [0.15, 0.2) is 42.5 Å². The van der Waals surface area contributed by atoms with Gasteiger partial charge < -0.3 is 15.3 Å². The number of anilines is 1. The molecule has 2 aromatic carbocycles. The highest BCUT2D eigenvalue weighted by molar-refractivity contribution is 5.94. The molecular formula is C18H26N2O. The first kappa shape index (κ1) is 15.8. The lowest BCUT2D eigenvalue weighted by molar-refractivity contribution is 0.180. The molecule has 0 spiro atoms. The van der Waals surface area contributed by atoms with Crippen molar-refractivity contribution in [3.63, 3.8) is 0 Å². The number of nitrogens with zero attached hydrogens (tertiary/aromatic N) is 1. The highest BCUT2D eigenvalue weighted by Crippen LogP contribution is 2.27. The lowest BCUT2D eigenvalue weighted by Gasteiger charge is -2.36. The lowest BCUT2D eigenvalue weighted by atomic mass is 10.0. The van der Waals surface area contributed by atoms with Crippen molar-refractivity contribution in [1.82, 2.24) is 5.32 Å². The molecule has 2 N–H and O–H groups in total. The van der Waals surface area contributed by atoms with E-state index >= 15 is 0 Å². The van der Waals surface area contributed by atoms with Crippen LogP contribution in [-0.4, -0.2) is 36.9 Å². The second kappa shape index (κ2) is 6.92. The van der Waals surface area contributed by atoms with Gasteiger partial charge in [-0.2, -0.15) is 0 Å². The van der Waals surface area contributed by atoms with Gasteiger partial charge in [0.1, 0.15) is 0 Å². The molecule has 0 aliphatic heterocycles. The largest absolute Gasteiger partial charge is 0.394 e. The Bertz CT molecular complexity index is 579. The number of benzene rings is 2. The number of fused-ring (bicyclic) bond motifs is 1. The fraction of sp³-hybridized carbons (Fsp3) is 0.444. The Labute approximate surface area is 127 Å². The predicted octanol–water partition coefficient (Wildman–Crippen LogP) is 3.03. The van der Waals surface area contributed by atoms with Crippen molar-refractivity contribution in [3.05, 3.63) is 42.5 Å². The van der Waals surface area contributed by atoms with Gasteiger partial charge in [-0.3, -0.25) is 0 Å². The van der Waals surface area contributed by atoms with Crippen LogP contribution in [0.4, 0.5) is 5.69 Å². The van der Waals surface area contributed by atoms with Gasteiger partial charge in [0.05, 0.1) is 12.1 Å². The van der Waals surface area contributed by atoms with Gasteiger partial charge in [-0.15, -0.1) is 0 Å². The predicted molar refractivity (Wildman–Crippen MR) is 91.0 cm³/mol. The molecule has 2 rings (SSSR count). The van der Waals surface area contributed by atoms with Crippen LogP contribution in [0.1, 0.15) is 20.8 Å². The summed E-state index contributed by atoms with van der Waals surface area (Å²) in [6, 6.07) is 14.9. The van der Waals surface area contributed by atoms with Gasteiger partial charge in [-0.05, 0) is 31.8 Å². The van der Waals surface area contributed by atoms with Crippen molar-refractivity contribution in [2.75, 3.05) is 31.1 Å². The first-order valence-corrected chi connectivity index (χ1v) is 7.72. The second-order valence-corrected chi connectivity index (χ2v) is 5.76. The van der Waals surface area contributed by atoms with Crippen LogP contribution in [0.3, 0.4) is 0 Å². The van der Waals surface area contributed by atoms with E-state index < -0.39 is 0 Å². The van der Waals surface area contributed by atoms with E-state index in [1.165, 1.54) is 16.5 Å². The fourth-order valence-electron chi connectivity index (χ4n) is 2.86. The Balaban J connectivity index is 2.35. The molecule has 1 atom stereocenters. The summed E-state index contributed by atoms with van der Waals surface area (Å²) >= 11 is 0. The summed E-state index contributed by atoms with van der Waals surface area (Å²) in [7, 11) is 0. The highest BCUT2D eigenvalue weighted by atomic mass is 16.3. The summed E-state index contributed by atoms with van der Waals surface area (Å²) in [5, 5.41) is 15.6. The van der Waals surface area contributed by atoms with E-state index in [4.69, 9.17) is 0 Å². The molecule has 114 valence electrons. The van der Waals surface area contributed by atoms with E-state index in [-0.39, 0.29) is 12.1 Å². The average Bonchev–Trinajstić information content (AvgIpc) is 2.52. The van der Waals surface area contributed by atoms with Gasteiger partial charge in [-0.25, -0.2) is 0 Å². The zero-order valence-electron chi connectivity index (χ0n) is 13.3. The van der Waals surface area contributed by atoms with E-state index in [0.29, 0.717) is 0 Å². The maximum Gasteiger partial charge on any atom is 0.0627 e. The van der Waals surface area contributed by atoms with Gasteiger partial charge in [-0.1, -0.05) is 43.3 Å². The standard InChI is InChI=1S/C18H26N2O/c1-4-19-18(3,14-21)13-20(5-2)17-12-8-10-15-9-6-7-11-16(15)17/h6-12,19,21H,4-5,13-14H2,1-3H3. The van der Waals surface area contributed by atoms with Gasteiger partial charge >= 0.3 is 0 Å².